The van der Waals surface area contributed by atoms with Crippen molar-refractivity contribution in [3.05, 3.63) is 23.3 Å². The van der Waals surface area contributed by atoms with Crippen LogP contribution in [0.2, 0.25) is 0 Å². The summed E-state index contributed by atoms with van der Waals surface area (Å²) >= 11 is 0. The molecule has 1 aliphatic carbocycles. The molecule has 0 atom stereocenters. The van der Waals surface area contributed by atoms with E-state index in [0.717, 1.165) is 25.0 Å². The molecule has 0 fully saturated rings. The molecular weight excluding hydrogens is 212 g/mol. The van der Waals surface area contributed by atoms with E-state index < -0.39 is 0 Å². The molecular formula is C14H20N2O. The maximum Gasteiger partial charge on any atom is 0.138 e. The fourth-order valence-corrected chi connectivity index (χ4v) is 2.47. The van der Waals surface area contributed by atoms with E-state index >= 15 is 0 Å². The predicted octanol–water partition coefficient (Wildman–Crippen LogP) is 2.66. The zero-order valence-corrected chi connectivity index (χ0v) is 10.5. The molecule has 1 aromatic rings. The summed E-state index contributed by atoms with van der Waals surface area (Å²) in [6.45, 7) is 2.04. The summed E-state index contributed by atoms with van der Waals surface area (Å²) in [5, 5.41) is 0. The molecule has 3 nitrogen and oxygen atoms in total. The number of ketones is 1. The van der Waals surface area contributed by atoms with Gasteiger partial charge in [-0.3, -0.25) is 4.79 Å². The van der Waals surface area contributed by atoms with E-state index in [9.17, 15) is 4.79 Å². The molecule has 2 rings (SSSR count). The highest BCUT2D eigenvalue weighted by Crippen LogP contribution is 2.21. The van der Waals surface area contributed by atoms with E-state index in [1.165, 1.54) is 30.5 Å². The zero-order chi connectivity index (χ0) is 12.1. The Kier molecular flexibility index (Phi) is 4.24. The van der Waals surface area contributed by atoms with Crippen LogP contribution in [0.25, 0.3) is 0 Å². The number of rotatable bonds is 4. The summed E-state index contributed by atoms with van der Waals surface area (Å²) < 4.78 is 0. The van der Waals surface area contributed by atoms with Crippen LogP contribution < -0.4 is 0 Å². The lowest BCUT2D eigenvalue weighted by Crippen LogP contribution is -2.10. The van der Waals surface area contributed by atoms with E-state index in [2.05, 4.69) is 9.97 Å². The Labute approximate surface area is 103 Å². The third-order valence-corrected chi connectivity index (χ3v) is 3.36. The summed E-state index contributed by atoms with van der Waals surface area (Å²) in [6.07, 6.45) is 9.49. The lowest BCUT2D eigenvalue weighted by molar-refractivity contribution is -0.118. The standard InChI is InChI=1S/C14H20N2O/c1-2-6-11(17)9-14-12-7-4-3-5-8-13(12)15-10-16-14/h10H,2-9H2,1H3. The largest absolute Gasteiger partial charge is 0.299 e. The van der Waals surface area contributed by atoms with Gasteiger partial charge in [-0.2, -0.15) is 0 Å². The quantitative estimate of drug-likeness (QED) is 0.749. The van der Waals surface area contributed by atoms with Crippen molar-refractivity contribution >= 4 is 5.78 Å². The summed E-state index contributed by atoms with van der Waals surface area (Å²) in [7, 11) is 0. The first-order chi connectivity index (χ1) is 8.31. The second kappa shape index (κ2) is 5.89. The maximum atomic E-state index is 11.7. The lowest BCUT2D eigenvalue weighted by Gasteiger charge is -2.09. The second-order valence-corrected chi connectivity index (χ2v) is 4.77. The fraction of sp³-hybridized carbons (Fsp3) is 0.643. The van der Waals surface area contributed by atoms with E-state index in [1.54, 1.807) is 6.33 Å². The minimum Gasteiger partial charge on any atom is -0.299 e. The Morgan fingerprint density at radius 2 is 2.06 bits per heavy atom. The van der Waals surface area contributed by atoms with E-state index in [1.807, 2.05) is 6.92 Å². The molecule has 0 saturated heterocycles. The molecule has 0 unspecified atom stereocenters. The number of carbonyl (C=O) groups excluding carboxylic acids is 1. The first kappa shape index (κ1) is 12.2. The monoisotopic (exact) mass is 232 g/mol. The Balaban J connectivity index is 2.19. The molecule has 0 bridgehead atoms. The van der Waals surface area contributed by atoms with Crippen LogP contribution in [0.1, 0.15) is 56.0 Å². The number of carbonyl (C=O) groups is 1. The first-order valence-electron chi connectivity index (χ1n) is 6.64. The van der Waals surface area contributed by atoms with Crippen LogP contribution in [-0.4, -0.2) is 15.8 Å². The number of aryl methyl sites for hydroxylation is 1. The van der Waals surface area contributed by atoms with Crippen molar-refractivity contribution in [2.45, 2.75) is 58.3 Å². The number of hydrogen-bond acceptors (Lipinski definition) is 3. The zero-order valence-electron chi connectivity index (χ0n) is 10.5. The average molecular weight is 232 g/mol. The Hall–Kier alpha value is -1.25. The molecule has 0 amide bonds. The van der Waals surface area contributed by atoms with Gasteiger partial charge in [0, 0.05) is 18.5 Å². The molecule has 0 saturated carbocycles. The number of Topliss-reactive ketones (excluding diaryl/α,β-unsaturated/α-hetero) is 1. The lowest BCUT2D eigenvalue weighted by atomic mass is 10.0. The van der Waals surface area contributed by atoms with Gasteiger partial charge in [0.2, 0.25) is 0 Å². The molecule has 1 aromatic heterocycles. The number of nitrogens with zero attached hydrogens (tertiary/aromatic N) is 2. The van der Waals surface area contributed by atoms with E-state index in [-0.39, 0.29) is 0 Å². The molecule has 1 heterocycles. The van der Waals surface area contributed by atoms with Crippen LogP contribution in [0.3, 0.4) is 0 Å². The number of hydrogen-bond donors (Lipinski definition) is 0. The van der Waals surface area contributed by atoms with Crippen molar-refractivity contribution in [3.8, 4) is 0 Å². The van der Waals surface area contributed by atoms with Gasteiger partial charge in [0.15, 0.2) is 0 Å². The maximum absolute atomic E-state index is 11.7. The van der Waals surface area contributed by atoms with Gasteiger partial charge >= 0.3 is 0 Å². The summed E-state index contributed by atoms with van der Waals surface area (Å²) in [4.78, 5) is 20.4. The summed E-state index contributed by atoms with van der Waals surface area (Å²) in [6, 6.07) is 0. The fourth-order valence-electron chi connectivity index (χ4n) is 2.47. The van der Waals surface area contributed by atoms with Gasteiger partial charge in [-0.15, -0.1) is 0 Å². The van der Waals surface area contributed by atoms with Crippen molar-refractivity contribution in [2.24, 2.45) is 0 Å². The third kappa shape index (κ3) is 3.11. The third-order valence-electron chi connectivity index (χ3n) is 3.36. The Morgan fingerprint density at radius 1 is 1.24 bits per heavy atom. The molecule has 0 spiro atoms. The van der Waals surface area contributed by atoms with Gasteiger partial charge < -0.3 is 0 Å². The van der Waals surface area contributed by atoms with Gasteiger partial charge in [-0.1, -0.05) is 13.3 Å². The van der Waals surface area contributed by atoms with Crippen LogP contribution in [0.15, 0.2) is 6.33 Å². The smallest absolute Gasteiger partial charge is 0.138 e. The Morgan fingerprint density at radius 3 is 2.88 bits per heavy atom. The second-order valence-electron chi connectivity index (χ2n) is 4.77. The molecule has 1 aliphatic rings. The highest BCUT2D eigenvalue weighted by molar-refractivity contribution is 5.80. The molecule has 0 aromatic carbocycles. The van der Waals surface area contributed by atoms with E-state index in [4.69, 9.17) is 0 Å². The van der Waals surface area contributed by atoms with Crippen molar-refractivity contribution < 1.29 is 4.79 Å². The molecule has 0 N–H and O–H groups in total. The van der Waals surface area contributed by atoms with Gasteiger partial charge in [0.1, 0.15) is 12.1 Å². The molecule has 0 radical (unpaired) electrons. The van der Waals surface area contributed by atoms with Crippen molar-refractivity contribution in [1.29, 1.82) is 0 Å². The number of aromatic nitrogens is 2. The van der Waals surface area contributed by atoms with E-state index in [0.29, 0.717) is 18.6 Å². The van der Waals surface area contributed by atoms with Gasteiger partial charge in [0.25, 0.3) is 0 Å². The highest BCUT2D eigenvalue weighted by atomic mass is 16.1. The molecule has 0 aliphatic heterocycles. The van der Waals surface area contributed by atoms with Crippen molar-refractivity contribution in [2.75, 3.05) is 0 Å². The van der Waals surface area contributed by atoms with Crippen LogP contribution in [0, 0.1) is 0 Å². The molecule has 17 heavy (non-hydrogen) atoms. The Bertz CT molecular complexity index is 401. The van der Waals surface area contributed by atoms with Gasteiger partial charge in [0.05, 0.1) is 5.69 Å². The minimum absolute atomic E-state index is 0.303. The van der Waals surface area contributed by atoms with Crippen molar-refractivity contribution in [3.63, 3.8) is 0 Å². The van der Waals surface area contributed by atoms with Crippen LogP contribution in [-0.2, 0) is 24.1 Å². The average Bonchev–Trinajstić information content (AvgIpc) is 2.55. The normalized spacial score (nSPS) is 15.1. The van der Waals surface area contributed by atoms with Crippen LogP contribution in [0.5, 0.6) is 0 Å². The topological polar surface area (TPSA) is 42.9 Å². The molecule has 3 heteroatoms. The SMILES string of the molecule is CCCC(=O)Cc1ncnc2c1CCCCC2. The summed E-state index contributed by atoms with van der Waals surface area (Å²) in [5.41, 5.74) is 3.42. The highest BCUT2D eigenvalue weighted by Gasteiger charge is 2.15. The first-order valence-corrected chi connectivity index (χ1v) is 6.64. The predicted molar refractivity (Wildman–Crippen MR) is 66.9 cm³/mol. The molecule has 92 valence electrons. The van der Waals surface area contributed by atoms with Gasteiger partial charge in [-0.05, 0) is 37.7 Å². The minimum atomic E-state index is 0.303. The van der Waals surface area contributed by atoms with Crippen LogP contribution in [0.4, 0.5) is 0 Å². The number of fused-ring (bicyclic) bond motifs is 1. The summed E-state index contributed by atoms with van der Waals surface area (Å²) in [5.74, 6) is 0.303. The van der Waals surface area contributed by atoms with Crippen LogP contribution >= 0.6 is 0 Å². The van der Waals surface area contributed by atoms with Crippen molar-refractivity contribution in [1.82, 2.24) is 9.97 Å². The van der Waals surface area contributed by atoms with Gasteiger partial charge in [-0.25, -0.2) is 9.97 Å².